The van der Waals surface area contributed by atoms with Gasteiger partial charge in [-0.2, -0.15) is 0 Å². The molecule has 0 bridgehead atoms. The van der Waals surface area contributed by atoms with Crippen LogP contribution in [0, 0.1) is 11.6 Å². The Kier molecular flexibility index (Phi) is 4.22. The van der Waals surface area contributed by atoms with E-state index in [0.29, 0.717) is 18.0 Å². The number of nitrogens with one attached hydrogen (secondary N) is 1. The second kappa shape index (κ2) is 6.29. The summed E-state index contributed by atoms with van der Waals surface area (Å²) in [5.41, 5.74) is 0.952. The van der Waals surface area contributed by atoms with Crippen molar-refractivity contribution in [3.8, 4) is 11.5 Å². The lowest BCUT2D eigenvalue weighted by Gasteiger charge is -2.14. The Balaban J connectivity index is 1.60. The average molecular weight is 307 g/mol. The molecular formula is C16H15F2NO3. The Labute approximate surface area is 126 Å². The van der Waals surface area contributed by atoms with E-state index in [9.17, 15) is 13.9 Å². The van der Waals surface area contributed by atoms with Gasteiger partial charge in [0.05, 0.1) is 6.10 Å². The van der Waals surface area contributed by atoms with Crippen molar-refractivity contribution in [3.63, 3.8) is 0 Å². The number of para-hydroxylation sites is 1. The fraction of sp³-hybridized carbons (Fsp3) is 0.250. The van der Waals surface area contributed by atoms with Gasteiger partial charge in [-0.15, -0.1) is 0 Å². The number of fused-ring (bicyclic) bond motifs is 1. The van der Waals surface area contributed by atoms with Crippen LogP contribution in [-0.4, -0.2) is 18.4 Å². The smallest absolute Gasteiger partial charge is 0.231 e. The quantitative estimate of drug-likeness (QED) is 0.891. The molecule has 116 valence electrons. The molecule has 3 rings (SSSR count). The molecule has 22 heavy (non-hydrogen) atoms. The van der Waals surface area contributed by atoms with Gasteiger partial charge in [0.15, 0.2) is 11.5 Å². The summed E-state index contributed by atoms with van der Waals surface area (Å²) in [6.07, 6.45) is -1.06. The van der Waals surface area contributed by atoms with Crippen LogP contribution in [0.25, 0.3) is 0 Å². The molecule has 0 aliphatic carbocycles. The summed E-state index contributed by atoms with van der Waals surface area (Å²) in [6.45, 7) is 0.759. The third-order valence-corrected chi connectivity index (χ3v) is 3.45. The van der Waals surface area contributed by atoms with E-state index in [1.807, 2.05) is 18.2 Å². The lowest BCUT2D eigenvalue weighted by molar-refractivity contribution is 0.167. The molecule has 0 aromatic heterocycles. The summed E-state index contributed by atoms with van der Waals surface area (Å²) in [7, 11) is 0. The molecule has 0 saturated carbocycles. The predicted octanol–water partition coefficient (Wildman–Crippen LogP) is 2.52. The normalized spacial score (nSPS) is 14.1. The topological polar surface area (TPSA) is 50.7 Å². The maximum absolute atomic E-state index is 13.6. The van der Waals surface area contributed by atoms with Crippen LogP contribution >= 0.6 is 0 Å². The van der Waals surface area contributed by atoms with Gasteiger partial charge in [0.25, 0.3) is 0 Å². The van der Waals surface area contributed by atoms with Crippen LogP contribution in [0.2, 0.25) is 0 Å². The molecule has 1 aliphatic heterocycles. The Morgan fingerprint density at radius 3 is 2.86 bits per heavy atom. The minimum atomic E-state index is -1.06. The molecule has 1 aliphatic rings. The second-order valence-corrected chi connectivity index (χ2v) is 4.96. The van der Waals surface area contributed by atoms with Crippen molar-refractivity contribution in [2.24, 2.45) is 0 Å². The van der Waals surface area contributed by atoms with Crippen molar-refractivity contribution in [3.05, 3.63) is 59.2 Å². The fourth-order valence-corrected chi connectivity index (χ4v) is 2.36. The summed E-state index contributed by atoms with van der Waals surface area (Å²) >= 11 is 0. The highest BCUT2D eigenvalue weighted by Crippen LogP contribution is 2.35. The standard InChI is InChI=1S/C16H15F2NO3/c17-11-4-5-12(13(18)6-11)14(20)8-19-7-10-2-1-3-15-16(10)22-9-21-15/h1-6,14,19-20H,7-9H2. The molecule has 6 heteroatoms. The van der Waals surface area contributed by atoms with E-state index in [1.165, 1.54) is 6.07 Å². The lowest BCUT2D eigenvalue weighted by atomic mass is 10.1. The van der Waals surface area contributed by atoms with Gasteiger partial charge in [0.1, 0.15) is 11.6 Å². The van der Waals surface area contributed by atoms with Gasteiger partial charge in [-0.25, -0.2) is 8.78 Å². The van der Waals surface area contributed by atoms with E-state index in [-0.39, 0.29) is 18.9 Å². The van der Waals surface area contributed by atoms with E-state index in [2.05, 4.69) is 5.32 Å². The predicted molar refractivity (Wildman–Crippen MR) is 75.6 cm³/mol. The number of halogens is 2. The summed E-state index contributed by atoms with van der Waals surface area (Å²) in [4.78, 5) is 0. The summed E-state index contributed by atoms with van der Waals surface area (Å²) < 4.78 is 37.1. The van der Waals surface area contributed by atoms with E-state index in [0.717, 1.165) is 17.7 Å². The first-order chi connectivity index (χ1) is 10.6. The highest BCUT2D eigenvalue weighted by molar-refractivity contribution is 5.48. The van der Waals surface area contributed by atoms with Crippen LogP contribution < -0.4 is 14.8 Å². The zero-order chi connectivity index (χ0) is 15.5. The molecule has 2 N–H and O–H groups in total. The first-order valence-corrected chi connectivity index (χ1v) is 6.86. The second-order valence-electron chi connectivity index (χ2n) is 4.96. The zero-order valence-electron chi connectivity index (χ0n) is 11.7. The van der Waals surface area contributed by atoms with Crippen LogP contribution in [0.15, 0.2) is 36.4 Å². The third kappa shape index (κ3) is 3.03. The van der Waals surface area contributed by atoms with Gasteiger partial charge in [0, 0.05) is 30.3 Å². The Bertz CT molecular complexity index is 678. The van der Waals surface area contributed by atoms with Crippen molar-refractivity contribution >= 4 is 0 Å². The van der Waals surface area contributed by atoms with Crippen LogP contribution in [0.1, 0.15) is 17.2 Å². The van der Waals surface area contributed by atoms with E-state index in [1.54, 1.807) is 0 Å². The largest absolute Gasteiger partial charge is 0.454 e. The molecule has 2 aromatic rings. The molecule has 0 amide bonds. The molecule has 2 aromatic carbocycles. The molecule has 1 unspecified atom stereocenters. The summed E-state index contributed by atoms with van der Waals surface area (Å²) in [6, 6.07) is 8.67. The molecule has 4 nitrogen and oxygen atoms in total. The average Bonchev–Trinajstić information content (AvgIpc) is 2.96. The highest BCUT2D eigenvalue weighted by Gasteiger charge is 2.18. The van der Waals surface area contributed by atoms with Crippen molar-refractivity contribution in [2.45, 2.75) is 12.6 Å². The summed E-state index contributed by atoms with van der Waals surface area (Å²) in [5.74, 6) is -0.0630. The zero-order valence-corrected chi connectivity index (χ0v) is 11.7. The number of hydrogen-bond acceptors (Lipinski definition) is 4. The monoisotopic (exact) mass is 307 g/mol. The van der Waals surface area contributed by atoms with E-state index < -0.39 is 17.7 Å². The number of aliphatic hydroxyl groups excluding tert-OH is 1. The molecule has 1 atom stereocenters. The van der Waals surface area contributed by atoms with Gasteiger partial charge in [-0.3, -0.25) is 0 Å². The SMILES string of the molecule is OC(CNCc1cccc2c1OCO2)c1ccc(F)cc1F. The number of benzene rings is 2. The minimum Gasteiger partial charge on any atom is -0.454 e. The Morgan fingerprint density at radius 2 is 2.05 bits per heavy atom. The molecule has 0 radical (unpaired) electrons. The first kappa shape index (κ1) is 14.7. The number of ether oxygens (including phenoxy) is 2. The highest BCUT2D eigenvalue weighted by atomic mass is 19.1. The number of aliphatic hydroxyl groups is 1. The first-order valence-electron chi connectivity index (χ1n) is 6.86. The van der Waals surface area contributed by atoms with Crippen molar-refractivity contribution < 1.29 is 23.4 Å². The third-order valence-electron chi connectivity index (χ3n) is 3.45. The van der Waals surface area contributed by atoms with Gasteiger partial charge in [-0.1, -0.05) is 18.2 Å². The molecule has 0 fully saturated rings. The van der Waals surface area contributed by atoms with Gasteiger partial charge < -0.3 is 19.9 Å². The number of hydrogen-bond donors (Lipinski definition) is 2. The lowest BCUT2D eigenvalue weighted by Crippen LogP contribution is -2.22. The Hall–Kier alpha value is -2.18. The Morgan fingerprint density at radius 1 is 1.18 bits per heavy atom. The van der Waals surface area contributed by atoms with Gasteiger partial charge >= 0.3 is 0 Å². The fourth-order valence-electron chi connectivity index (χ4n) is 2.36. The van der Waals surface area contributed by atoms with Crippen molar-refractivity contribution in [1.82, 2.24) is 5.32 Å². The van der Waals surface area contributed by atoms with E-state index in [4.69, 9.17) is 9.47 Å². The van der Waals surface area contributed by atoms with Gasteiger partial charge in [-0.05, 0) is 12.1 Å². The molecular weight excluding hydrogens is 292 g/mol. The van der Waals surface area contributed by atoms with Crippen LogP contribution in [0.4, 0.5) is 8.78 Å². The minimum absolute atomic E-state index is 0.0618. The van der Waals surface area contributed by atoms with Crippen molar-refractivity contribution in [1.29, 1.82) is 0 Å². The van der Waals surface area contributed by atoms with Crippen LogP contribution in [0.3, 0.4) is 0 Å². The van der Waals surface area contributed by atoms with Crippen LogP contribution in [-0.2, 0) is 6.54 Å². The van der Waals surface area contributed by atoms with Gasteiger partial charge in [0.2, 0.25) is 6.79 Å². The molecule has 1 heterocycles. The van der Waals surface area contributed by atoms with E-state index >= 15 is 0 Å². The maximum Gasteiger partial charge on any atom is 0.231 e. The maximum atomic E-state index is 13.6. The number of rotatable bonds is 5. The van der Waals surface area contributed by atoms with Crippen LogP contribution in [0.5, 0.6) is 11.5 Å². The molecule has 0 spiro atoms. The molecule has 0 saturated heterocycles. The van der Waals surface area contributed by atoms with Crippen molar-refractivity contribution in [2.75, 3.05) is 13.3 Å². The summed E-state index contributed by atoms with van der Waals surface area (Å²) in [5, 5.41) is 13.0.